The zero-order valence-corrected chi connectivity index (χ0v) is 11.4. The predicted molar refractivity (Wildman–Crippen MR) is 73.2 cm³/mol. The lowest BCUT2D eigenvalue weighted by molar-refractivity contribution is -0.144. The quantitative estimate of drug-likeness (QED) is 0.566. The molecule has 0 heterocycles. The first-order chi connectivity index (χ1) is 9.60. The number of benzene rings is 1. The molecule has 0 bridgehead atoms. The van der Waals surface area contributed by atoms with Gasteiger partial charge in [0, 0.05) is 13.1 Å². The largest absolute Gasteiger partial charge is 0.465 e. The summed E-state index contributed by atoms with van der Waals surface area (Å²) in [6, 6.07) is 5.99. The second-order valence-corrected chi connectivity index (χ2v) is 4.18. The third kappa shape index (κ3) is 4.82. The van der Waals surface area contributed by atoms with Gasteiger partial charge in [-0.3, -0.25) is 9.69 Å². The highest BCUT2D eigenvalue weighted by Gasteiger charge is 2.13. The molecule has 0 amide bonds. The van der Waals surface area contributed by atoms with E-state index in [-0.39, 0.29) is 18.1 Å². The summed E-state index contributed by atoms with van der Waals surface area (Å²) in [6.45, 7) is 6.62. The van der Waals surface area contributed by atoms with Crippen LogP contribution in [0.3, 0.4) is 0 Å². The van der Waals surface area contributed by atoms with Gasteiger partial charge >= 0.3 is 5.97 Å². The van der Waals surface area contributed by atoms with E-state index in [0.29, 0.717) is 25.3 Å². The van der Waals surface area contributed by atoms with Crippen molar-refractivity contribution in [3.8, 4) is 6.07 Å². The maximum absolute atomic E-state index is 13.1. The summed E-state index contributed by atoms with van der Waals surface area (Å²) in [5, 5.41) is 9.00. The molecule has 0 aliphatic rings. The molecular weight excluding hydrogens is 259 g/mol. The monoisotopic (exact) mass is 276 g/mol. The highest BCUT2D eigenvalue weighted by molar-refractivity contribution is 5.71. The average Bonchev–Trinajstić information content (AvgIpc) is 2.41. The molecule has 4 nitrogen and oxygen atoms in total. The Hall–Kier alpha value is -2.19. The molecule has 5 heteroatoms. The Morgan fingerprint density at radius 3 is 2.95 bits per heavy atom. The van der Waals surface area contributed by atoms with E-state index in [1.54, 1.807) is 24.0 Å². The van der Waals surface area contributed by atoms with Gasteiger partial charge in [-0.2, -0.15) is 5.26 Å². The summed E-state index contributed by atoms with van der Waals surface area (Å²) >= 11 is 0. The van der Waals surface area contributed by atoms with Crippen molar-refractivity contribution in [1.29, 1.82) is 5.26 Å². The van der Waals surface area contributed by atoms with Gasteiger partial charge in [0.2, 0.25) is 0 Å². The molecule has 0 saturated heterocycles. The highest BCUT2D eigenvalue weighted by atomic mass is 19.1. The van der Waals surface area contributed by atoms with Crippen LogP contribution in [0.2, 0.25) is 0 Å². The van der Waals surface area contributed by atoms with E-state index < -0.39 is 5.82 Å². The van der Waals surface area contributed by atoms with Gasteiger partial charge in [0.15, 0.2) is 0 Å². The van der Waals surface area contributed by atoms with Crippen LogP contribution in [0.1, 0.15) is 18.1 Å². The average molecular weight is 276 g/mol. The molecule has 0 N–H and O–H groups in total. The third-order valence-electron chi connectivity index (χ3n) is 2.63. The van der Waals surface area contributed by atoms with Crippen LogP contribution >= 0.6 is 0 Å². The number of ether oxygens (including phenoxy) is 1. The number of hydrogen-bond acceptors (Lipinski definition) is 4. The molecule has 0 fully saturated rings. The minimum absolute atomic E-state index is 0.0993. The molecule has 0 aliphatic carbocycles. The van der Waals surface area contributed by atoms with Crippen molar-refractivity contribution in [3.05, 3.63) is 47.8 Å². The van der Waals surface area contributed by atoms with Gasteiger partial charge in [0.1, 0.15) is 5.82 Å². The van der Waals surface area contributed by atoms with Crippen molar-refractivity contribution in [2.75, 3.05) is 19.7 Å². The second kappa shape index (κ2) is 8.08. The number of rotatable bonds is 7. The van der Waals surface area contributed by atoms with Crippen LogP contribution in [0.25, 0.3) is 0 Å². The molecule has 1 aromatic rings. The van der Waals surface area contributed by atoms with Crippen molar-refractivity contribution in [2.24, 2.45) is 0 Å². The first kappa shape index (κ1) is 15.9. The number of hydrogen-bond donors (Lipinski definition) is 0. The maximum Gasteiger partial charge on any atom is 0.320 e. The van der Waals surface area contributed by atoms with Gasteiger partial charge in [0.25, 0.3) is 0 Å². The lowest BCUT2D eigenvalue weighted by Gasteiger charge is -2.20. The topological polar surface area (TPSA) is 53.3 Å². The van der Waals surface area contributed by atoms with Crippen molar-refractivity contribution < 1.29 is 13.9 Å². The molecule has 1 rings (SSSR count). The van der Waals surface area contributed by atoms with Gasteiger partial charge < -0.3 is 4.74 Å². The van der Waals surface area contributed by atoms with Crippen LogP contribution in [-0.4, -0.2) is 30.6 Å². The van der Waals surface area contributed by atoms with Gasteiger partial charge in [-0.1, -0.05) is 12.1 Å². The lowest BCUT2D eigenvalue weighted by atomic mass is 10.1. The third-order valence-corrected chi connectivity index (χ3v) is 2.63. The van der Waals surface area contributed by atoms with E-state index >= 15 is 0 Å². The molecule has 20 heavy (non-hydrogen) atoms. The number of nitrogens with zero attached hydrogens (tertiary/aromatic N) is 2. The summed E-state index contributed by atoms with van der Waals surface area (Å²) in [7, 11) is 0. The fourth-order valence-corrected chi connectivity index (χ4v) is 1.79. The van der Waals surface area contributed by atoms with Gasteiger partial charge in [-0.05, 0) is 24.6 Å². The molecule has 0 aliphatic heterocycles. The number of carbonyl (C=O) groups is 1. The molecular formula is C15H17FN2O2. The van der Waals surface area contributed by atoms with Crippen molar-refractivity contribution in [3.63, 3.8) is 0 Å². The molecule has 106 valence electrons. The van der Waals surface area contributed by atoms with Crippen molar-refractivity contribution in [1.82, 2.24) is 4.90 Å². The fraction of sp³-hybridized carbons (Fsp3) is 0.333. The zero-order chi connectivity index (χ0) is 15.0. The van der Waals surface area contributed by atoms with E-state index in [1.165, 1.54) is 12.1 Å². The first-order valence-electron chi connectivity index (χ1n) is 6.28. The Balaban J connectivity index is 2.82. The number of halogens is 1. The van der Waals surface area contributed by atoms with Crippen LogP contribution < -0.4 is 0 Å². The van der Waals surface area contributed by atoms with Gasteiger partial charge in [0.05, 0.1) is 24.8 Å². The summed E-state index contributed by atoms with van der Waals surface area (Å²) < 4.78 is 18.0. The van der Waals surface area contributed by atoms with E-state index in [4.69, 9.17) is 10.00 Å². The summed E-state index contributed by atoms with van der Waals surface area (Å²) in [5.74, 6) is -0.791. The van der Waals surface area contributed by atoms with E-state index in [9.17, 15) is 9.18 Å². The first-order valence-corrected chi connectivity index (χ1v) is 6.28. The highest BCUT2D eigenvalue weighted by Crippen LogP contribution is 2.13. The van der Waals surface area contributed by atoms with Crippen molar-refractivity contribution in [2.45, 2.75) is 13.5 Å². The SMILES string of the molecule is C=CCN(CC(=O)OCC)Cc1ccc(F)cc1C#N. The van der Waals surface area contributed by atoms with E-state index in [0.717, 1.165) is 0 Å². The van der Waals surface area contributed by atoms with Crippen LogP contribution in [0.15, 0.2) is 30.9 Å². The van der Waals surface area contributed by atoms with Gasteiger partial charge in [-0.25, -0.2) is 4.39 Å². The van der Waals surface area contributed by atoms with Crippen LogP contribution in [0.4, 0.5) is 4.39 Å². The molecule has 0 radical (unpaired) electrons. The Morgan fingerprint density at radius 2 is 2.35 bits per heavy atom. The lowest BCUT2D eigenvalue weighted by Crippen LogP contribution is -2.31. The number of nitriles is 1. The number of carbonyl (C=O) groups excluding carboxylic acids is 1. The summed E-state index contributed by atoms with van der Waals surface area (Å²) in [5.41, 5.74) is 0.933. The van der Waals surface area contributed by atoms with Crippen LogP contribution in [0, 0.1) is 17.1 Å². The molecule has 0 unspecified atom stereocenters. The van der Waals surface area contributed by atoms with Crippen LogP contribution in [0.5, 0.6) is 0 Å². The minimum Gasteiger partial charge on any atom is -0.465 e. The molecule has 0 spiro atoms. The zero-order valence-electron chi connectivity index (χ0n) is 11.4. The predicted octanol–water partition coefficient (Wildman–Crippen LogP) is 2.25. The second-order valence-electron chi connectivity index (χ2n) is 4.18. The van der Waals surface area contributed by atoms with E-state index in [2.05, 4.69) is 6.58 Å². The van der Waals surface area contributed by atoms with E-state index in [1.807, 2.05) is 6.07 Å². The Labute approximate surface area is 118 Å². The maximum atomic E-state index is 13.1. The Bertz CT molecular complexity index is 523. The Morgan fingerprint density at radius 1 is 1.60 bits per heavy atom. The summed E-state index contributed by atoms with van der Waals surface area (Å²) in [6.07, 6.45) is 1.66. The smallest absolute Gasteiger partial charge is 0.320 e. The molecule has 1 aromatic carbocycles. The fourth-order valence-electron chi connectivity index (χ4n) is 1.79. The normalized spacial score (nSPS) is 10.1. The van der Waals surface area contributed by atoms with Crippen LogP contribution in [-0.2, 0) is 16.1 Å². The Kier molecular flexibility index (Phi) is 6.41. The minimum atomic E-state index is -0.453. The number of esters is 1. The summed E-state index contributed by atoms with van der Waals surface area (Å²) in [4.78, 5) is 13.3. The molecule has 0 aromatic heterocycles. The molecule has 0 atom stereocenters. The standard InChI is InChI=1S/C15H17FN2O2/c1-3-7-18(11-15(19)20-4-2)10-12-5-6-14(16)8-13(12)9-17/h3,5-6,8H,1,4,7,10-11H2,2H3. The van der Waals surface area contributed by atoms with Gasteiger partial charge in [-0.15, -0.1) is 6.58 Å². The molecule has 0 saturated carbocycles. The van der Waals surface area contributed by atoms with Crippen molar-refractivity contribution >= 4 is 5.97 Å².